The number of hydrogen-bond acceptors (Lipinski definition) is 3. The molecule has 1 rings (SSSR count). The molecule has 0 aromatic heterocycles. The zero-order valence-corrected chi connectivity index (χ0v) is 11.7. The minimum atomic E-state index is -1.07. The van der Waals surface area contributed by atoms with Crippen LogP contribution in [0.2, 0.25) is 0 Å². The van der Waals surface area contributed by atoms with E-state index in [0.717, 1.165) is 4.90 Å². The highest BCUT2D eigenvalue weighted by Gasteiger charge is 2.14. The molecule has 0 saturated carbocycles. The lowest BCUT2D eigenvalue weighted by Crippen LogP contribution is -2.31. The van der Waals surface area contributed by atoms with Crippen molar-refractivity contribution >= 4 is 23.5 Å². The molecule has 0 heterocycles. The Bertz CT molecular complexity index is 508. The van der Waals surface area contributed by atoms with E-state index < -0.39 is 5.97 Å². The molecule has 0 bridgehead atoms. The van der Waals surface area contributed by atoms with E-state index >= 15 is 0 Å². The molecule has 0 aliphatic heterocycles. The number of likely N-dealkylation sites (N-methyl/N-ethyl adjacent to an activating group) is 1. The van der Waals surface area contributed by atoms with Crippen molar-refractivity contribution in [1.82, 2.24) is 4.90 Å². The lowest BCUT2D eigenvalue weighted by molar-refractivity contribution is -0.137. The summed E-state index contributed by atoms with van der Waals surface area (Å²) in [5.74, 6) is -1.68. The van der Waals surface area contributed by atoms with Gasteiger partial charge in [0.15, 0.2) is 0 Å². The van der Waals surface area contributed by atoms with E-state index in [-0.39, 0.29) is 24.3 Å². The van der Waals surface area contributed by atoms with Crippen molar-refractivity contribution in [3.63, 3.8) is 0 Å². The first-order chi connectivity index (χ1) is 9.31. The summed E-state index contributed by atoms with van der Waals surface area (Å²) in [5, 5.41) is 11.3. The topological polar surface area (TPSA) is 86.7 Å². The molecule has 1 aromatic rings. The average Bonchev–Trinajstić information content (AvgIpc) is 2.37. The summed E-state index contributed by atoms with van der Waals surface area (Å²) in [4.78, 5) is 35.1. The van der Waals surface area contributed by atoms with Crippen LogP contribution in [-0.4, -0.2) is 41.4 Å². The van der Waals surface area contributed by atoms with Gasteiger partial charge in [-0.15, -0.1) is 0 Å². The van der Waals surface area contributed by atoms with Crippen LogP contribution >= 0.6 is 0 Å². The molecule has 0 saturated heterocycles. The number of amides is 2. The van der Waals surface area contributed by atoms with Crippen molar-refractivity contribution in [2.75, 3.05) is 18.9 Å². The zero-order chi connectivity index (χ0) is 15.3. The summed E-state index contributed by atoms with van der Waals surface area (Å²) < 4.78 is 0. The van der Waals surface area contributed by atoms with Gasteiger partial charge in [0, 0.05) is 24.2 Å². The van der Waals surface area contributed by atoms with E-state index in [4.69, 9.17) is 5.11 Å². The molecule has 0 aliphatic rings. The minimum absolute atomic E-state index is 0.105. The van der Waals surface area contributed by atoms with Gasteiger partial charge < -0.3 is 15.3 Å². The fourth-order valence-corrected chi connectivity index (χ4v) is 1.48. The lowest BCUT2D eigenvalue weighted by atomic mass is 10.1. The highest BCUT2D eigenvalue weighted by molar-refractivity contribution is 5.97. The van der Waals surface area contributed by atoms with E-state index in [2.05, 4.69) is 5.32 Å². The van der Waals surface area contributed by atoms with Gasteiger partial charge in [0.25, 0.3) is 5.91 Å². The molecule has 0 atom stereocenters. The summed E-state index contributed by atoms with van der Waals surface area (Å²) in [6.07, 6.45) is 0. The van der Waals surface area contributed by atoms with E-state index in [0.29, 0.717) is 11.3 Å². The molecule has 0 fully saturated rings. The largest absolute Gasteiger partial charge is 0.480 e. The Morgan fingerprint density at radius 3 is 2.20 bits per heavy atom. The molecular weight excluding hydrogens is 260 g/mol. The summed E-state index contributed by atoms with van der Waals surface area (Å²) in [5.41, 5.74) is 0.970. The Morgan fingerprint density at radius 2 is 1.75 bits per heavy atom. The summed E-state index contributed by atoms with van der Waals surface area (Å²) in [6, 6.07) is 6.33. The molecule has 20 heavy (non-hydrogen) atoms. The number of carboxylic acids is 1. The second-order valence-corrected chi connectivity index (χ2v) is 4.78. The second kappa shape index (κ2) is 6.70. The highest BCUT2D eigenvalue weighted by atomic mass is 16.4. The Balaban J connectivity index is 2.73. The van der Waals surface area contributed by atoms with Crippen LogP contribution < -0.4 is 5.32 Å². The molecule has 1 aromatic carbocycles. The molecule has 2 amide bonds. The highest BCUT2D eigenvalue weighted by Crippen LogP contribution is 2.12. The van der Waals surface area contributed by atoms with Crippen molar-refractivity contribution in [2.24, 2.45) is 5.92 Å². The average molecular weight is 278 g/mol. The molecule has 0 radical (unpaired) electrons. The van der Waals surface area contributed by atoms with Crippen LogP contribution in [0.25, 0.3) is 0 Å². The van der Waals surface area contributed by atoms with Crippen LogP contribution in [0.15, 0.2) is 24.3 Å². The molecule has 0 aliphatic carbocycles. The smallest absolute Gasteiger partial charge is 0.323 e. The van der Waals surface area contributed by atoms with Crippen LogP contribution in [0.3, 0.4) is 0 Å². The van der Waals surface area contributed by atoms with E-state index in [9.17, 15) is 14.4 Å². The fourth-order valence-electron chi connectivity index (χ4n) is 1.48. The Kier molecular flexibility index (Phi) is 5.25. The van der Waals surface area contributed by atoms with Gasteiger partial charge in [-0.3, -0.25) is 14.4 Å². The standard InChI is InChI=1S/C14H18N2O4/c1-9(2)13(19)15-11-6-4-10(5-7-11)14(20)16(3)8-12(17)18/h4-7,9H,8H2,1-3H3,(H,15,19)(H,17,18). The third kappa shape index (κ3) is 4.38. The van der Waals surface area contributed by atoms with Crippen LogP contribution in [0.1, 0.15) is 24.2 Å². The maximum atomic E-state index is 11.9. The van der Waals surface area contributed by atoms with Gasteiger partial charge in [0.05, 0.1) is 0 Å². The molecular formula is C14H18N2O4. The van der Waals surface area contributed by atoms with E-state index in [1.807, 2.05) is 0 Å². The van der Waals surface area contributed by atoms with Crippen molar-refractivity contribution < 1.29 is 19.5 Å². The number of carboxylic acid groups (broad SMARTS) is 1. The van der Waals surface area contributed by atoms with Crippen molar-refractivity contribution in [3.8, 4) is 0 Å². The fraction of sp³-hybridized carbons (Fsp3) is 0.357. The molecule has 0 spiro atoms. The van der Waals surface area contributed by atoms with E-state index in [1.165, 1.54) is 7.05 Å². The predicted molar refractivity (Wildman–Crippen MR) is 74.5 cm³/mol. The van der Waals surface area contributed by atoms with Gasteiger partial charge in [-0.1, -0.05) is 13.8 Å². The van der Waals surface area contributed by atoms with Crippen LogP contribution in [-0.2, 0) is 9.59 Å². The normalized spacial score (nSPS) is 10.2. The van der Waals surface area contributed by atoms with Gasteiger partial charge in [-0.2, -0.15) is 0 Å². The second-order valence-electron chi connectivity index (χ2n) is 4.78. The molecule has 2 N–H and O–H groups in total. The summed E-state index contributed by atoms with van der Waals surface area (Å²) >= 11 is 0. The number of carbonyl (C=O) groups is 3. The van der Waals surface area contributed by atoms with Crippen LogP contribution in [0.4, 0.5) is 5.69 Å². The molecule has 6 heteroatoms. The predicted octanol–water partition coefficient (Wildman–Crippen LogP) is 1.44. The number of nitrogens with zero attached hydrogens (tertiary/aromatic N) is 1. The van der Waals surface area contributed by atoms with Crippen LogP contribution in [0.5, 0.6) is 0 Å². The number of nitrogens with one attached hydrogen (secondary N) is 1. The molecule has 6 nitrogen and oxygen atoms in total. The molecule has 108 valence electrons. The van der Waals surface area contributed by atoms with Crippen molar-refractivity contribution in [2.45, 2.75) is 13.8 Å². The first kappa shape index (κ1) is 15.7. The Labute approximate surface area is 117 Å². The summed E-state index contributed by atoms with van der Waals surface area (Å²) in [7, 11) is 1.42. The van der Waals surface area contributed by atoms with Gasteiger partial charge in [0.1, 0.15) is 6.54 Å². The monoisotopic (exact) mass is 278 g/mol. The zero-order valence-electron chi connectivity index (χ0n) is 11.7. The van der Waals surface area contributed by atoms with Gasteiger partial charge in [-0.25, -0.2) is 0 Å². The molecule has 0 unspecified atom stereocenters. The maximum absolute atomic E-state index is 11.9. The lowest BCUT2D eigenvalue weighted by Gasteiger charge is -2.15. The maximum Gasteiger partial charge on any atom is 0.323 e. The third-order valence-corrected chi connectivity index (χ3v) is 2.64. The number of aliphatic carboxylic acids is 1. The quantitative estimate of drug-likeness (QED) is 0.853. The van der Waals surface area contributed by atoms with Gasteiger partial charge >= 0.3 is 5.97 Å². The number of hydrogen-bond donors (Lipinski definition) is 2. The number of anilines is 1. The van der Waals surface area contributed by atoms with Crippen molar-refractivity contribution in [3.05, 3.63) is 29.8 Å². The summed E-state index contributed by atoms with van der Waals surface area (Å²) in [6.45, 7) is 3.22. The Morgan fingerprint density at radius 1 is 1.20 bits per heavy atom. The first-order valence-corrected chi connectivity index (χ1v) is 6.19. The number of carbonyl (C=O) groups excluding carboxylic acids is 2. The van der Waals surface area contributed by atoms with Crippen LogP contribution in [0, 0.1) is 5.92 Å². The minimum Gasteiger partial charge on any atom is -0.480 e. The first-order valence-electron chi connectivity index (χ1n) is 6.19. The third-order valence-electron chi connectivity index (χ3n) is 2.64. The van der Waals surface area contributed by atoms with Gasteiger partial charge in [0.2, 0.25) is 5.91 Å². The Hall–Kier alpha value is -2.37. The van der Waals surface area contributed by atoms with E-state index in [1.54, 1.807) is 38.1 Å². The number of benzene rings is 1. The number of rotatable bonds is 5. The van der Waals surface area contributed by atoms with Crippen molar-refractivity contribution in [1.29, 1.82) is 0 Å². The SMILES string of the molecule is CC(C)C(=O)Nc1ccc(C(=O)N(C)CC(=O)O)cc1. The van der Waals surface area contributed by atoms with Gasteiger partial charge in [-0.05, 0) is 24.3 Å².